The van der Waals surface area contributed by atoms with Gasteiger partial charge in [-0.2, -0.15) is 5.26 Å². The molecule has 22 heavy (non-hydrogen) atoms. The van der Waals surface area contributed by atoms with Crippen LogP contribution in [0.15, 0.2) is 29.8 Å². The van der Waals surface area contributed by atoms with Crippen LogP contribution in [0.1, 0.15) is 31.4 Å². The number of halogens is 1. The highest BCUT2D eigenvalue weighted by atomic mass is 19.1. The molecule has 0 unspecified atom stereocenters. The van der Waals surface area contributed by atoms with E-state index >= 15 is 0 Å². The molecule has 1 amide bonds. The molecule has 1 aromatic carbocycles. The molecule has 0 saturated carbocycles. The third kappa shape index (κ3) is 3.10. The molecule has 0 bridgehead atoms. The van der Waals surface area contributed by atoms with E-state index in [9.17, 15) is 9.18 Å². The maximum absolute atomic E-state index is 13.3. The summed E-state index contributed by atoms with van der Waals surface area (Å²) in [6, 6.07) is 5.79. The van der Waals surface area contributed by atoms with Gasteiger partial charge in [-0.3, -0.25) is 4.90 Å². The first-order chi connectivity index (χ1) is 10.3. The van der Waals surface area contributed by atoms with Gasteiger partial charge in [0.1, 0.15) is 5.82 Å². The average Bonchev–Trinajstić information content (AvgIpc) is 2.73. The Kier molecular flexibility index (Phi) is 4.19. The monoisotopic (exact) mass is 298 g/mol. The van der Waals surface area contributed by atoms with E-state index in [1.165, 1.54) is 17.0 Å². The predicted octanol–water partition coefficient (Wildman–Crippen LogP) is 3.14. The summed E-state index contributed by atoms with van der Waals surface area (Å²) in [5, 5.41) is 17.9. The number of likely N-dealkylation sites (tertiary alicyclic amines) is 1. The van der Waals surface area contributed by atoms with Crippen LogP contribution in [-0.2, 0) is 0 Å². The van der Waals surface area contributed by atoms with Gasteiger partial charge < -0.3 is 5.11 Å². The highest BCUT2D eigenvalue weighted by Gasteiger charge is 2.39. The molecule has 0 aromatic heterocycles. The second kappa shape index (κ2) is 5.91. The molecular formula is C17H15FN2O2. The molecule has 1 fully saturated rings. The van der Waals surface area contributed by atoms with Crippen LogP contribution in [0.5, 0.6) is 0 Å². The van der Waals surface area contributed by atoms with Gasteiger partial charge in [0.2, 0.25) is 0 Å². The number of benzene rings is 1. The maximum Gasteiger partial charge on any atom is 0.408 e. The third-order valence-corrected chi connectivity index (χ3v) is 3.79. The van der Waals surface area contributed by atoms with E-state index in [2.05, 4.69) is 11.8 Å². The van der Waals surface area contributed by atoms with Crippen LogP contribution in [0.4, 0.5) is 9.18 Å². The van der Waals surface area contributed by atoms with Gasteiger partial charge in [0.05, 0.1) is 17.2 Å². The second-order valence-electron chi connectivity index (χ2n) is 5.52. The maximum atomic E-state index is 13.3. The lowest BCUT2D eigenvalue weighted by atomic mass is 9.95. The summed E-state index contributed by atoms with van der Waals surface area (Å²) in [6.07, 6.45) is 1.35. The van der Waals surface area contributed by atoms with Gasteiger partial charge in [-0.1, -0.05) is 11.8 Å². The fraction of sp³-hybridized carbons (Fsp3) is 0.294. The van der Waals surface area contributed by atoms with E-state index in [0.29, 0.717) is 18.5 Å². The molecule has 4 nitrogen and oxygen atoms in total. The van der Waals surface area contributed by atoms with Gasteiger partial charge in [-0.25, -0.2) is 9.18 Å². The molecule has 1 aromatic rings. The second-order valence-corrected chi connectivity index (χ2v) is 5.52. The molecule has 0 radical (unpaired) electrons. The van der Waals surface area contributed by atoms with Gasteiger partial charge in [0.25, 0.3) is 0 Å². The van der Waals surface area contributed by atoms with Gasteiger partial charge in [0.15, 0.2) is 0 Å². The van der Waals surface area contributed by atoms with Gasteiger partial charge >= 0.3 is 6.09 Å². The largest absolute Gasteiger partial charge is 0.465 e. The molecule has 1 N–H and O–H groups in total. The highest BCUT2D eigenvalue weighted by Crippen LogP contribution is 2.33. The summed E-state index contributed by atoms with van der Waals surface area (Å²) in [6.45, 7) is 4.10. The van der Waals surface area contributed by atoms with Crippen LogP contribution in [0.25, 0.3) is 0 Å². The van der Waals surface area contributed by atoms with Crippen molar-refractivity contribution in [2.24, 2.45) is 0 Å². The first-order valence-electron chi connectivity index (χ1n) is 6.77. The van der Waals surface area contributed by atoms with E-state index in [1.54, 1.807) is 6.08 Å². The summed E-state index contributed by atoms with van der Waals surface area (Å²) in [5.41, 5.74) is 0.953. The minimum absolute atomic E-state index is 0.218. The Morgan fingerprint density at radius 3 is 2.68 bits per heavy atom. The fourth-order valence-corrected chi connectivity index (χ4v) is 2.51. The van der Waals surface area contributed by atoms with Gasteiger partial charge in [-0.05, 0) is 50.1 Å². The molecule has 112 valence electrons. The lowest BCUT2D eigenvalue weighted by Crippen LogP contribution is -2.42. The molecule has 0 atom stereocenters. The van der Waals surface area contributed by atoms with E-state index in [-0.39, 0.29) is 5.56 Å². The van der Waals surface area contributed by atoms with Crippen molar-refractivity contribution < 1.29 is 14.3 Å². The Morgan fingerprint density at radius 2 is 2.09 bits per heavy atom. The number of rotatable bonds is 0. The zero-order chi connectivity index (χ0) is 16.3. The van der Waals surface area contributed by atoms with Crippen LogP contribution < -0.4 is 0 Å². The van der Waals surface area contributed by atoms with E-state index in [1.807, 2.05) is 19.9 Å². The molecular weight excluding hydrogens is 283 g/mol. The first-order valence-corrected chi connectivity index (χ1v) is 6.77. The number of nitriles is 1. The number of hydrogen-bond acceptors (Lipinski definition) is 2. The summed E-state index contributed by atoms with van der Waals surface area (Å²) in [5.74, 6) is 5.11. The van der Waals surface area contributed by atoms with Crippen molar-refractivity contribution in [3.63, 3.8) is 0 Å². The fourth-order valence-electron chi connectivity index (χ4n) is 2.51. The molecule has 5 heteroatoms. The molecule has 1 aliphatic heterocycles. The minimum Gasteiger partial charge on any atom is -0.465 e. The number of nitrogens with zero attached hydrogens (tertiary/aromatic N) is 2. The van der Waals surface area contributed by atoms with Crippen molar-refractivity contribution >= 4 is 6.09 Å². The van der Waals surface area contributed by atoms with Gasteiger partial charge in [0, 0.05) is 12.1 Å². The number of carbonyl (C=O) groups is 1. The van der Waals surface area contributed by atoms with E-state index in [4.69, 9.17) is 10.4 Å². The molecule has 1 aliphatic rings. The Labute approximate surface area is 128 Å². The standard InChI is InChI=1S/C17H15FN2O2/c1-17(2)14(6-7-20(17)16(21)22)5-3-4-12-8-13(11-19)10-15(18)9-12/h5,8-10H,6-7H2,1-2H3,(H,21,22)/b14-5+. The third-order valence-electron chi connectivity index (χ3n) is 3.79. The number of carboxylic acid groups (broad SMARTS) is 1. The predicted molar refractivity (Wildman–Crippen MR) is 79.5 cm³/mol. The Hall–Kier alpha value is -2.79. The molecule has 0 spiro atoms. The zero-order valence-electron chi connectivity index (χ0n) is 12.4. The SMILES string of the molecule is CC1(C)/C(=C/C#Cc2cc(F)cc(C#N)c2)CCN1C(=O)O. The topological polar surface area (TPSA) is 64.3 Å². The lowest BCUT2D eigenvalue weighted by Gasteiger charge is -2.29. The summed E-state index contributed by atoms with van der Waals surface area (Å²) in [7, 11) is 0. The Bertz CT molecular complexity index is 748. The Morgan fingerprint density at radius 1 is 1.41 bits per heavy atom. The normalized spacial score (nSPS) is 17.7. The quantitative estimate of drug-likeness (QED) is 0.748. The highest BCUT2D eigenvalue weighted by molar-refractivity contribution is 5.68. The van der Waals surface area contributed by atoms with Crippen molar-refractivity contribution in [3.05, 3.63) is 46.8 Å². The average molecular weight is 298 g/mol. The van der Waals surface area contributed by atoms with Crippen LogP contribution in [0.2, 0.25) is 0 Å². The van der Waals surface area contributed by atoms with Crippen LogP contribution in [0.3, 0.4) is 0 Å². The van der Waals surface area contributed by atoms with Crippen molar-refractivity contribution in [2.75, 3.05) is 6.54 Å². The summed E-state index contributed by atoms with van der Waals surface area (Å²) in [4.78, 5) is 12.5. The first kappa shape index (κ1) is 15.6. The lowest BCUT2D eigenvalue weighted by molar-refractivity contribution is 0.124. The van der Waals surface area contributed by atoms with Crippen LogP contribution >= 0.6 is 0 Å². The molecule has 1 heterocycles. The van der Waals surface area contributed by atoms with E-state index < -0.39 is 17.4 Å². The summed E-state index contributed by atoms with van der Waals surface area (Å²) >= 11 is 0. The number of allylic oxidation sites excluding steroid dienone is 1. The van der Waals surface area contributed by atoms with E-state index in [0.717, 1.165) is 11.6 Å². The molecule has 1 saturated heterocycles. The minimum atomic E-state index is -0.954. The van der Waals surface area contributed by atoms with Crippen LogP contribution in [-0.4, -0.2) is 28.2 Å². The molecule has 0 aliphatic carbocycles. The number of hydrogen-bond donors (Lipinski definition) is 1. The van der Waals surface area contributed by atoms with Crippen LogP contribution in [0, 0.1) is 29.0 Å². The zero-order valence-corrected chi connectivity index (χ0v) is 12.4. The van der Waals surface area contributed by atoms with Crippen molar-refractivity contribution in [1.29, 1.82) is 5.26 Å². The Balaban J connectivity index is 2.26. The molecule has 2 rings (SSSR count). The number of amides is 1. The van der Waals surface area contributed by atoms with Crippen molar-refractivity contribution in [1.82, 2.24) is 4.90 Å². The smallest absolute Gasteiger partial charge is 0.408 e. The van der Waals surface area contributed by atoms with Crippen molar-refractivity contribution in [2.45, 2.75) is 25.8 Å². The summed E-state index contributed by atoms with van der Waals surface area (Å²) < 4.78 is 13.3. The van der Waals surface area contributed by atoms with Gasteiger partial charge in [-0.15, -0.1) is 0 Å². The van der Waals surface area contributed by atoms with Crippen molar-refractivity contribution in [3.8, 4) is 17.9 Å².